The average Bonchev–Trinajstić information content (AvgIpc) is 2.31. The van der Waals surface area contributed by atoms with Crippen molar-refractivity contribution < 1.29 is 8.78 Å². The van der Waals surface area contributed by atoms with Crippen LogP contribution in [0.1, 0.15) is 12.8 Å². The number of nitrogens with zero attached hydrogens (tertiary/aromatic N) is 1. The Hall–Kier alpha value is -1.16. The lowest BCUT2D eigenvalue weighted by Gasteiger charge is -2.37. The Morgan fingerprint density at radius 2 is 1.88 bits per heavy atom. The van der Waals surface area contributed by atoms with E-state index < -0.39 is 5.67 Å². The first kappa shape index (κ1) is 11.3. The fraction of sp³-hybridized carbons (Fsp3) is 0.500. The molecule has 0 amide bonds. The van der Waals surface area contributed by atoms with Crippen LogP contribution in [-0.2, 0) is 0 Å². The maximum Gasteiger partial charge on any atom is 0.146 e. The van der Waals surface area contributed by atoms with Crippen LogP contribution in [0, 0.1) is 5.82 Å². The van der Waals surface area contributed by atoms with Crippen LogP contribution in [0.25, 0.3) is 0 Å². The van der Waals surface area contributed by atoms with E-state index in [1.165, 1.54) is 6.07 Å². The molecule has 0 spiro atoms. The van der Waals surface area contributed by atoms with Gasteiger partial charge >= 0.3 is 0 Å². The van der Waals surface area contributed by atoms with Crippen LogP contribution >= 0.6 is 0 Å². The number of para-hydroxylation sites is 1. The van der Waals surface area contributed by atoms with Gasteiger partial charge in [0.05, 0.1) is 5.69 Å². The Morgan fingerprint density at radius 1 is 1.25 bits per heavy atom. The van der Waals surface area contributed by atoms with Gasteiger partial charge in [0, 0.05) is 32.5 Å². The first-order valence-electron chi connectivity index (χ1n) is 5.53. The van der Waals surface area contributed by atoms with Crippen molar-refractivity contribution in [3.63, 3.8) is 0 Å². The average molecular weight is 226 g/mol. The minimum Gasteiger partial charge on any atom is -0.369 e. The van der Waals surface area contributed by atoms with Gasteiger partial charge in [0.15, 0.2) is 0 Å². The predicted octanol–water partition coefficient (Wildman–Crippen LogP) is 2.09. The molecule has 2 nitrogen and oxygen atoms in total. The summed E-state index contributed by atoms with van der Waals surface area (Å²) in [4.78, 5) is 1.88. The van der Waals surface area contributed by atoms with Crippen LogP contribution in [0.2, 0.25) is 0 Å². The van der Waals surface area contributed by atoms with Crippen molar-refractivity contribution in [3.8, 4) is 0 Å². The van der Waals surface area contributed by atoms with E-state index in [-0.39, 0.29) is 12.4 Å². The minimum absolute atomic E-state index is 0.0537. The zero-order chi connectivity index (χ0) is 11.6. The zero-order valence-corrected chi connectivity index (χ0v) is 9.13. The summed E-state index contributed by atoms with van der Waals surface area (Å²) in [5, 5.41) is 0. The molecule has 1 fully saturated rings. The molecule has 1 aliphatic heterocycles. The number of alkyl halides is 1. The van der Waals surface area contributed by atoms with E-state index in [0.717, 1.165) is 0 Å². The molecule has 0 aromatic heterocycles. The molecule has 1 aliphatic rings. The lowest BCUT2D eigenvalue weighted by atomic mass is 9.93. The van der Waals surface area contributed by atoms with E-state index in [1.54, 1.807) is 18.2 Å². The van der Waals surface area contributed by atoms with Gasteiger partial charge in [0.1, 0.15) is 11.5 Å². The quantitative estimate of drug-likeness (QED) is 0.836. The molecule has 1 aromatic carbocycles. The van der Waals surface area contributed by atoms with Gasteiger partial charge in [0.25, 0.3) is 0 Å². The highest BCUT2D eigenvalue weighted by atomic mass is 19.1. The Balaban J connectivity index is 2.07. The SMILES string of the molecule is NCC1(F)CCN(c2ccccc2F)CC1. The van der Waals surface area contributed by atoms with Gasteiger partial charge in [-0.1, -0.05) is 12.1 Å². The van der Waals surface area contributed by atoms with Crippen molar-refractivity contribution in [3.05, 3.63) is 30.1 Å². The third-order valence-electron chi connectivity index (χ3n) is 3.22. The van der Waals surface area contributed by atoms with Crippen molar-refractivity contribution in [2.45, 2.75) is 18.5 Å². The van der Waals surface area contributed by atoms with Crippen molar-refractivity contribution >= 4 is 5.69 Å². The number of benzene rings is 1. The second-order valence-corrected chi connectivity index (χ2v) is 4.29. The minimum atomic E-state index is -1.26. The number of halogens is 2. The van der Waals surface area contributed by atoms with Gasteiger partial charge in [-0.2, -0.15) is 0 Å². The number of nitrogens with two attached hydrogens (primary N) is 1. The Morgan fingerprint density at radius 3 is 2.44 bits per heavy atom. The molecule has 16 heavy (non-hydrogen) atoms. The van der Waals surface area contributed by atoms with Crippen molar-refractivity contribution in [2.75, 3.05) is 24.5 Å². The van der Waals surface area contributed by atoms with E-state index in [9.17, 15) is 8.78 Å². The summed E-state index contributed by atoms with van der Waals surface area (Å²) in [6, 6.07) is 6.60. The molecular formula is C12H16F2N2. The molecule has 88 valence electrons. The normalized spacial score (nSPS) is 19.8. The van der Waals surface area contributed by atoms with E-state index >= 15 is 0 Å². The van der Waals surface area contributed by atoms with E-state index in [2.05, 4.69) is 0 Å². The molecule has 0 aliphatic carbocycles. The second kappa shape index (κ2) is 4.37. The Kier molecular flexibility index (Phi) is 3.10. The predicted molar refractivity (Wildman–Crippen MR) is 60.7 cm³/mol. The van der Waals surface area contributed by atoms with Crippen molar-refractivity contribution in [2.24, 2.45) is 5.73 Å². The summed E-state index contributed by atoms with van der Waals surface area (Å²) in [5.41, 5.74) is 4.68. The number of rotatable bonds is 2. The summed E-state index contributed by atoms with van der Waals surface area (Å²) in [6.07, 6.45) is 0.746. The molecule has 0 bridgehead atoms. The topological polar surface area (TPSA) is 29.3 Å². The third-order valence-corrected chi connectivity index (χ3v) is 3.22. The largest absolute Gasteiger partial charge is 0.369 e. The highest BCUT2D eigenvalue weighted by Gasteiger charge is 2.33. The van der Waals surface area contributed by atoms with Crippen LogP contribution in [0.3, 0.4) is 0 Å². The molecule has 1 heterocycles. The van der Waals surface area contributed by atoms with Crippen LogP contribution in [0.5, 0.6) is 0 Å². The van der Waals surface area contributed by atoms with E-state index in [0.29, 0.717) is 31.6 Å². The zero-order valence-electron chi connectivity index (χ0n) is 9.13. The smallest absolute Gasteiger partial charge is 0.146 e. The maximum absolute atomic E-state index is 13.8. The first-order chi connectivity index (χ1) is 7.64. The van der Waals surface area contributed by atoms with Gasteiger partial charge in [-0.05, 0) is 12.1 Å². The molecule has 0 saturated carbocycles. The molecule has 1 aromatic rings. The molecule has 1 saturated heterocycles. The summed E-state index contributed by atoms with van der Waals surface area (Å²) in [5.74, 6) is -0.249. The fourth-order valence-electron chi connectivity index (χ4n) is 2.06. The van der Waals surface area contributed by atoms with Crippen LogP contribution in [0.4, 0.5) is 14.5 Å². The van der Waals surface area contributed by atoms with Gasteiger partial charge in [-0.25, -0.2) is 8.78 Å². The molecule has 0 radical (unpaired) electrons. The van der Waals surface area contributed by atoms with Crippen LogP contribution in [-0.4, -0.2) is 25.3 Å². The van der Waals surface area contributed by atoms with Crippen LogP contribution in [0.15, 0.2) is 24.3 Å². The van der Waals surface area contributed by atoms with Crippen molar-refractivity contribution in [1.82, 2.24) is 0 Å². The number of piperidine rings is 1. The Bertz CT molecular complexity index is 360. The van der Waals surface area contributed by atoms with Crippen molar-refractivity contribution in [1.29, 1.82) is 0 Å². The summed E-state index contributed by atoms with van der Waals surface area (Å²) >= 11 is 0. The lowest BCUT2D eigenvalue weighted by molar-refractivity contribution is 0.135. The highest BCUT2D eigenvalue weighted by Crippen LogP contribution is 2.29. The lowest BCUT2D eigenvalue weighted by Crippen LogP contribution is -2.46. The maximum atomic E-state index is 13.8. The molecule has 2 rings (SSSR count). The number of hydrogen-bond donors (Lipinski definition) is 1. The molecule has 0 atom stereocenters. The fourth-order valence-corrected chi connectivity index (χ4v) is 2.06. The summed E-state index contributed by atoms with van der Waals surface area (Å²) < 4.78 is 27.3. The third kappa shape index (κ3) is 2.16. The molecule has 4 heteroatoms. The number of anilines is 1. The van der Waals surface area contributed by atoms with Crippen LogP contribution < -0.4 is 10.6 Å². The monoisotopic (exact) mass is 226 g/mol. The van der Waals surface area contributed by atoms with E-state index in [4.69, 9.17) is 5.73 Å². The molecule has 2 N–H and O–H groups in total. The van der Waals surface area contributed by atoms with Gasteiger partial charge < -0.3 is 10.6 Å². The van der Waals surface area contributed by atoms with Gasteiger partial charge in [0.2, 0.25) is 0 Å². The standard InChI is InChI=1S/C12H16F2N2/c13-10-3-1-2-4-11(10)16-7-5-12(14,9-15)6-8-16/h1-4H,5-9,15H2. The number of hydrogen-bond acceptors (Lipinski definition) is 2. The van der Waals surface area contributed by atoms with E-state index in [1.807, 2.05) is 4.90 Å². The second-order valence-electron chi connectivity index (χ2n) is 4.29. The molecule has 0 unspecified atom stereocenters. The first-order valence-corrected chi connectivity index (χ1v) is 5.53. The summed E-state index contributed by atoms with van der Waals surface area (Å²) in [7, 11) is 0. The van der Waals surface area contributed by atoms with Gasteiger partial charge in [-0.15, -0.1) is 0 Å². The highest BCUT2D eigenvalue weighted by molar-refractivity contribution is 5.48. The summed E-state index contributed by atoms with van der Waals surface area (Å²) in [6.45, 7) is 1.10. The van der Waals surface area contributed by atoms with Gasteiger partial charge in [-0.3, -0.25) is 0 Å². The Labute approximate surface area is 94.0 Å². The molecular weight excluding hydrogens is 210 g/mol.